The third-order valence-corrected chi connectivity index (χ3v) is 8.68. The molecule has 0 spiro atoms. The highest BCUT2D eigenvalue weighted by molar-refractivity contribution is 5.97. The minimum Gasteiger partial charge on any atom is -0.381 e. The maximum absolute atomic E-state index is 14.0. The lowest BCUT2D eigenvalue weighted by Gasteiger charge is -2.29. The summed E-state index contributed by atoms with van der Waals surface area (Å²) in [6.07, 6.45) is -1.59. The van der Waals surface area contributed by atoms with Crippen LogP contribution >= 0.6 is 0 Å². The summed E-state index contributed by atoms with van der Waals surface area (Å²) in [6.45, 7) is 6.80. The highest BCUT2D eigenvalue weighted by Crippen LogP contribution is 2.27. The van der Waals surface area contributed by atoms with E-state index in [1.54, 1.807) is 62.4 Å². The summed E-state index contributed by atoms with van der Waals surface area (Å²) in [5, 5.41) is 64.8. The molecule has 306 valence electrons. The van der Waals surface area contributed by atoms with Crippen molar-refractivity contribution in [2.75, 3.05) is 11.9 Å². The fraction of sp³-hybridized carbons (Fsp3) is 0.412. The minimum absolute atomic E-state index is 0.0360. The van der Waals surface area contributed by atoms with Crippen LogP contribution in [0.1, 0.15) is 50.3 Å². The molecule has 0 saturated carbocycles. The van der Waals surface area contributed by atoms with E-state index in [9.17, 15) is 29.1 Å². The summed E-state index contributed by atoms with van der Waals surface area (Å²) in [5.74, 6) is -3.79. The first-order chi connectivity index (χ1) is 27.8. The summed E-state index contributed by atoms with van der Waals surface area (Å²) >= 11 is 0. The topological polar surface area (TPSA) is 355 Å². The van der Waals surface area contributed by atoms with Gasteiger partial charge in [0.15, 0.2) is 17.8 Å². The van der Waals surface area contributed by atoms with Crippen LogP contribution in [0.15, 0.2) is 48.5 Å². The second-order valence-electron chi connectivity index (χ2n) is 14.0. The second-order valence-corrected chi connectivity index (χ2v) is 14.0. The van der Waals surface area contributed by atoms with Crippen molar-refractivity contribution in [1.82, 2.24) is 83.1 Å². The number of aromatic nitrogens is 12. The molecule has 24 nitrogen and oxygen atoms in total. The Morgan fingerprint density at radius 3 is 1.91 bits per heavy atom. The molecule has 3 heterocycles. The number of nitrogens with two attached hydrogens (primary N) is 1. The number of amides is 5. The van der Waals surface area contributed by atoms with Crippen molar-refractivity contribution in [2.24, 2.45) is 17.6 Å². The lowest BCUT2D eigenvalue weighted by atomic mass is 9.97. The largest absolute Gasteiger partial charge is 0.381 e. The van der Waals surface area contributed by atoms with Gasteiger partial charge in [0.05, 0.1) is 6.04 Å². The van der Waals surface area contributed by atoms with Crippen LogP contribution in [0.25, 0.3) is 22.8 Å². The third-order valence-electron chi connectivity index (χ3n) is 8.68. The number of rotatable bonds is 19. The molecule has 0 saturated heterocycles. The van der Waals surface area contributed by atoms with Gasteiger partial charge < -0.3 is 37.4 Å². The molecule has 11 N–H and O–H groups in total. The van der Waals surface area contributed by atoms with Gasteiger partial charge in [-0.1, -0.05) is 58.0 Å². The molecule has 0 radical (unpaired) electrons. The van der Waals surface area contributed by atoms with Crippen LogP contribution in [-0.4, -0.2) is 133 Å². The number of hydrogen-bond donors (Lipinski definition) is 10. The Labute approximate surface area is 330 Å². The average molecular weight is 801 g/mol. The average Bonchev–Trinajstić information content (AvgIpc) is 4.03. The van der Waals surface area contributed by atoms with E-state index in [1.165, 1.54) is 0 Å². The van der Waals surface area contributed by atoms with Crippen LogP contribution in [-0.2, 0) is 25.6 Å². The summed E-state index contributed by atoms with van der Waals surface area (Å²) in [4.78, 5) is 66.7. The van der Waals surface area contributed by atoms with Gasteiger partial charge in [0.25, 0.3) is 11.8 Å². The molecule has 5 rings (SSSR count). The highest BCUT2D eigenvalue weighted by atomic mass is 16.3. The molecule has 0 aliphatic carbocycles. The lowest BCUT2D eigenvalue weighted by Crippen LogP contribution is -2.60. The van der Waals surface area contributed by atoms with Crippen LogP contribution in [0.5, 0.6) is 0 Å². The number of aliphatic hydroxyl groups excluding tert-OH is 1. The zero-order valence-electron chi connectivity index (χ0n) is 31.9. The predicted molar refractivity (Wildman–Crippen MR) is 202 cm³/mol. The number of nitrogens with zero attached hydrogens (tertiary/aromatic N) is 9. The number of tetrazole rings is 3. The van der Waals surface area contributed by atoms with E-state index in [1.807, 2.05) is 13.8 Å². The van der Waals surface area contributed by atoms with Crippen molar-refractivity contribution in [1.29, 1.82) is 0 Å². The first-order valence-electron chi connectivity index (χ1n) is 18.1. The van der Waals surface area contributed by atoms with Crippen LogP contribution in [0.2, 0.25) is 0 Å². The molecular weight excluding hydrogens is 756 g/mol. The van der Waals surface area contributed by atoms with Gasteiger partial charge in [-0.15, -0.1) is 15.3 Å². The molecule has 0 bridgehead atoms. The molecular formula is C34H44N18O6. The SMILES string of the molecule is CC(C)C[C@H](NC(=O)C(NC(=O)[C@@H](N)CNC(=O)c1nnn[nH]1)C(C)C)C(=O)N[C@@H](Cc1ccccc1)[C@@H](O)C(=O)Nc1cc(-c2nnn[nH]2)cc(-c2nnn[nH]2)c1. The van der Waals surface area contributed by atoms with E-state index in [4.69, 9.17) is 5.73 Å². The summed E-state index contributed by atoms with van der Waals surface area (Å²) in [5.41, 5.74) is 7.87. The molecule has 24 heteroatoms. The Morgan fingerprint density at radius 2 is 1.36 bits per heavy atom. The Morgan fingerprint density at radius 1 is 0.741 bits per heavy atom. The number of carbonyl (C=O) groups is 5. The molecule has 0 fully saturated rings. The Balaban J connectivity index is 1.30. The maximum atomic E-state index is 14.0. The van der Waals surface area contributed by atoms with Gasteiger partial charge in [-0.05, 0) is 79.7 Å². The number of anilines is 1. The van der Waals surface area contributed by atoms with E-state index in [2.05, 4.69) is 88.5 Å². The predicted octanol–water partition coefficient (Wildman–Crippen LogP) is -1.98. The zero-order valence-corrected chi connectivity index (χ0v) is 31.9. The highest BCUT2D eigenvalue weighted by Gasteiger charge is 2.34. The van der Waals surface area contributed by atoms with Gasteiger partial charge in [-0.25, -0.2) is 15.3 Å². The monoisotopic (exact) mass is 800 g/mol. The van der Waals surface area contributed by atoms with Crippen LogP contribution < -0.4 is 32.3 Å². The van der Waals surface area contributed by atoms with Crippen molar-refractivity contribution >= 4 is 35.2 Å². The zero-order chi connectivity index (χ0) is 41.8. The Bertz CT molecular complexity index is 2060. The second kappa shape index (κ2) is 19.7. The van der Waals surface area contributed by atoms with Crippen molar-refractivity contribution in [3.05, 3.63) is 59.9 Å². The molecule has 58 heavy (non-hydrogen) atoms. The van der Waals surface area contributed by atoms with Crippen molar-refractivity contribution in [2.45, 2.75) is 70.8 Å². The van der Waals surface area contributed by atoms with Crippen LogP contribution in [0, 0.1) is 11.8 Å². The van der Waals surface area contributed by atoms with Crippen LogP contribution in [0.3, 0.4) is 0 Å². The smallest absolute Gasteiger partial charge is 0.290 e. The lowest BCUT2D eigenvalue weighted by molar-refractivity contribution is -0.134. The Kier molecular flexibility index (Phi) is 14.3. The standard InChI is InChI=1S/C34H44N18O6/c1-16(2)10-24(39-32(56)25(17(3)4)40-30(54)22(35)15-36-34(58)29-45-51-52-46-29)31(55)38-23(11-18-8-6-5-7-9-18)26(53)33(57)37-21-13-19(27-41-47-48-42-27)12-20(14-21)28-43-49-50-44-28/h5-9,12-14,16-17,22-26,53H,10-11,15,35H2,1-4H3,(H,36,58)(H,37,57)(H,38,55)(H,39,56)(H,40,54)(H,41,42,47,48)(H,43,44,49,50)(H,45,46,51,52)/t22-,23-,24-,25?,26+/m0/s1. The van der Waals surface area contributed by atoms with E-state index < -0.39 is 65.7 Å². The fourth-order valence-electron chi connectivity index (χ4n) is 5.72. The molecule has 1 unspecified atom stereocenters. The molecule has 3 aromatic heterocycles. The number of carbonyl (C=O) groups excluding carboxylic acids is 5. The molecule has 5 atom stereocenters. The number of H-pyrrole nitrogens is 3. The molecule has 2 aromatic carbocycles. The van der Waals surface area contributed by atoms with Crippen molar-refractivity contribution in [3.8, 4) is 22.8 Å². The minimum atomic E-state index is -1.80. The van der Waals surface area contributed by atoms with Gasteiger partial charge in [-0.3, -0.25) is 24.0 Å². The maximum Gasteiger partial charge on any atom is 0.290 e. The number of aliphatic hydroxyl groups is 1. The third kappa shape index (κ3) is 11.5. The molecule has 5 amide bonds. The fourth-order valence-corrected chi connectivity index (χ4v) is 5.72. The number of aromatic amines is 3. The number of hydrogen-bond acceptors (Lipinski definition) is 16. The van der Waals surface area contributed by atoms with Crippen LogP contribution in [0.4, 0.5) is 5.69 Å². The van der Waals surface area contributed by atoms with Gasteiger partial charge in [-0.2, -0.15) is 0 Å². The molecule has 0 aliphatic heterocycles. The molecule has 0 aliphatic rings. The van der Waals surface area contributed by atoms with Gasteiger partial charge in [0.1, 0.15) is 18.1 Å². The first kappa shape index (κ1) is 42.1. The van der Waals surface area contributed by atoms with Crippen molar-refractivity contribution in [3.63, 3.8) is 0 Å². The number of benzene rings is 2. The van der Waals surface area contributed by atoms with Gasteiger partial charge >= 0.3 is 0 Å². The van der Waals surface area contributed by atoms with Gasteiger partial charge in [0, 0.05) is 23.4 Å². The van der Waals surface area contributed by atoms with Crippen molar-refractivity contribution < 1.29 is 29.1 Å². The molecule has 5 aromatic rings. The van der Waals surface area contributed by atoms with E-state index in [0.717, 1.165) is 0 Å². The van der Waals surface area contributed by atoms with E-state index in [0.29, 0.717) is 16.7 Å². The van der Waals surface area contributed by atoms with Gasteiger partial charge in [0.2, 0.25) is 23.5 Å². The quantitative estimate of drug-likeness (QED) is 0.0432. The number of nitrogens with one attached hydrogen (secondary N) is 8. The van der Waals surface area contributed by atoms with E-state index in [-0.39, 0.29) is 48.5 Å². The normalized spacial score (nSPS) is 13.9. The summed E-state index contributed by atoms with van der Waals surface area (Å²) in [6, 6.07) is 9.04. The first-order valence-corrected chi connectivity index (χ1v) is 18.1. The summed E-state index contributed by atoms with van der Waals surface area (Å²) < 4.78 is 0. The van der Waals surface area contributed by atoms with E-state index >= 15 is 0 Å². The summed E-state index contributed by atoms with van der Waals surface area (Å²) in [7, 11) is 0. The Hall–Kier alpha value is -7.08.